The van der Waals surface area contributed by atoms with Gasteiger partial charge in [-0.2, -0.15) is 0 Å². The smallest absolute Gasteiger partial charge is 0.405 e. The number of nitrogens with one attached hydrogen (secondary N) is 1. The van der Waals surface area contributed by atoms with Gasteiger partial charge in [-0.25, -0.2) is 4.79 Å². The van der Waals surface area contributed by atoms with Gasteiger partial charge in [0, 0.05) is 30.3 Å². The third kappa shape index (κ3) is 17.7. The molecule has 0 heterocycles. The predicted octanol–water partition coefficient (Wildman–Crippen LogP) is 2.65. The first-order chi connectivity index (χ1) is 19.8. The number of allylic oxidation sites excluding steroid dienone is 9. The number of aliphatic carboxylic acids is 1. The van der Waals surface area contributed by atoms with E-state index >= 15 is 0 Å². The second-order valence-corrected chi connectivity index (χ2v) is 9.96. The number of aliphatic hydroxyl groups excluding tert-OH is 4. The molecule has 0 aliphatic rings. The predicted molar refractivity (Wildman–Crippen MR) is 162 cm³/mol. The minimum absolute atomic E-state index is 0.142. The number of carboxylic acid groups (broad SMARTS) is 1. The summed E-state index contributed by atoms with van der Waals surface area (Å²) in [6.07, 6.45) is 8.33. The van der Waals surface area contributed by atoms with Gasteiger partial charge in [0.1, 0.15) is 12.2 Å². The van der Waals surface area contributed by atoms with Gasteiger partial charge in [0.2, 0.25) is 0 Å². The summed E-state index contributed by atoms with van der Waals surface area (Å²) in [5, 5.41) is 53.3. The number of rotatable bonds is 21. The van der Waals surface area contributed by atoms with E-state index in [4.69, 9.17) is 27.2 Å². The molecule has 0 fully saturated rings. The Morgan fingerprint density at radius 1 is 1.00 bits per heavy atom. The molecule has 0 aromatic carbocycles. The van der Waals surface area contributed by atoms with Crippen molar-refractivity contribution in [1.29, 1.82) is 0 Å². The molecule has 0 aliphatic carbocycles. The maximum absolute atomic E-state index is 12.5. The zero-order chi connectivity index (χ0) is 32.1. The molecular formula is C30H45ClN2O9. The van der Waals surface area contributed by atoms with Gasteiger partial charge in [0.25, 0.3) is 0 Å². The van der Waals surface area contributed by atoms with Gasteiger partial charge in [-0.05, 0) is 38.5 Å². The van der Waals surface area contributed by atoms with Gasteiger partial charge in [-0.15, -0.1) is 0 Å². The standard InChI is InChI=1S/C30H45ClN2O9/c1-4-5-15-25(42-30(32)41)28(39)23(34)19-24(35)29(40)27(38)21(3)22(31)14-9-8-13-20(2)12-7-6-10-17-33-18-11-16-26(36)37/h5-10,12-15,21,23,25,27-29,33-34,38-40H,4,11,16-19H2,1-3H3,(H2,32,41)(H,36,37)/b9-8+,10-6+,12-7+,15-5+,20-13+,22-14-. The largest absolute Gasteiger partial charge is 0.481 e. The van der Waals surface area contributed by atoms with Gasteiger partial charge in [-0.3, -0.25) is 9.59 Å². The number of amides is 1. The Morgan fingerprint density at radius 2 is 1.67 bits per heavy atom. The molecule has 236 valence electrons. The maximum Gasteiger partial charge on any atom is 0.405 e. The second-order valence-electron chi connectivity index (χ2n) is 9.53. The fraction of sp³-hybridized carbons (Fsp3) is 0.500. The summed E-state index contributed by atoms with van der Waals surface area (Å²) in [6.45, 7) is 6.47. The number of ketones is 1. The minimum atomic E-state index is -1.89. The SMILES string of the molecule is CC/C=C/C(OC(N)=O)C(O)C(O)CC(=O)C(O)C(O)C(C)/C(Cl)=C/C=C/C=C(C)/C=C/C=C/CNCCCC(=O)O. The fourth-order valence-electron chi connectivity index (χ4n) is 3.39. The average Bonchev–Trinajstić information content (AvgIpc) is 2.94. The highest BCUT2D eigenvalue weighted by Gasteiger charge is 2.34. The highest BCUT2D eigenvalue weighted by molar-refractivity contribution is 6.30. The summed E-state index contributed by atoms with van der Waals surface area (Å²) >= 11 is 6.26. The van der Waals surface area contributed by atoms with Crippen LogP contribution in [0.25, 0.3) is 0 Å². The highest BCUT2D eigenvalue weighted by atomic mass is 35.5. The number of nitrogens with two attached hydrogens (primary N) is 1. The molecule has 12 heteroatoms. The first-order valence-corrected chi connectivity index (χ1v) is 14.0. The lowest BCUT2D eigenvalue weighted by atomic mass is 9.92. The summed E-state index contributed by atoms with van der Waals surface area (Å²) in [4.78, 5) is 34.0. The van der Waals surface area contributed by atoms with Gasteiger partial charge in [0.15, 0.2) is 11.9 Å². The molecule has 1 amide bonds. The molecule has 8 N–H and O–H groups in total. The molecule has 0 saturated carbocycles. The van der Waals surface area contributed by atoms with Gasteiger partial charge < -0.3 is 41.3 Å². The Labute approximate surface area is 252 Å². The molecule has 0 spiro atoms. The molecular weight excluding hydrogens is 568 g/mol. The number of carbonyl (C=O) groups excluding carboxylic acids is 2. The van der Waals surface area contributed by atoms with Crippen molar-refractivity contribution in [2.45, 2.75) is 77.0 Å². The first-order valence-electron chi connectivity index (χ1n) is 13.7. The van der Waals surface area contributed by atoms with Crippen molar-refractivity contribution < 1.29 is 44.7 Å². The number of carboxylic acids is 1. The number of hydrogen-bond acceptors (Lipinski definition) is 9. The zero-order valence-electron chi connectivity index (χ0n) is 24.3. The molecule has 0 saturated heterocycles. The third-order valence-electron chi connectivity index (χ3n) is 5.89. The lowest BCUT2D eigenvalue weighted by molar-refractivity contribution is -0.139. The van der Waals surface area contributed by atoms with Crippen LogP contribution in [-0.2, 0) is 14.3 Å². The summed E-state index contributed by atoms with van der Waals surface area (Å²) in [6, 6.07) is 0. The monoisotopic (exact) mass is 612 g/mol. The molecule has 0 bridgehead atoms. The maximum atomic E-state index is 12.5. The number of primary amides is 1. The fourth-order valence-corrected chi connectivity index (χ4v) is 3.59. The highest BCUT2D eigenvalue weighted by Crippen LogP contribution is 2.23. The number of halogens is 1. The van der Waals surface area contributed by atoms with Crippen LogP contribution < -0.4 is 11.1 Å². The van der Waals surface area contributed by atoms with Crippen molar-refractivity contribution in [1.82, 2.24) is 5.32 Å². The molecule has 6 atom stereocenters. The topological polar surface area (TPSA) is 200 Å². The van der Waals surface area contributed by atoms with Crippen molar-refractivity contribution >= 4 is 29.4 Å². The third-order valence-corrected chi connectivity index (χ3v) is 6.36. The molecule has 0 aromatic rings. The molecule has 0 aromatic heterocycles. The summed E-state index contributed by atoms with van der Waals surface area (Å²) < 4.78 is 4.77. The van der Waals surface area contributed by atoms with E-state index in [2.05, 4.69) is 5.32 Å². The molecule has 11 nitrogen and oxygen atoms in total. The quantitative estimate of drug-likeness (QED) is 0.0574. The van der Waals surface area contributed by atoms with E-state index in [0.29, 0.717) is 25.9 Å². The molecule has 6 unspecified atom stereocenters. The number of hydrogen-bond donors (Lipinski definition) is 7. The van der Waals surface area contributed by atoms with Gasteiger partial charge in [-0.1, -0.05) is 79.6 Å². The zero-order valence-corrected chi connectivity index (χ0v) is 25.1. The molecule has 0 aliphatic heterocycles. The van der Waals surface area contributed by atoms with Gasteiger partial charge in [0.05, 0.1) is 12.2 Å². The Hall–Kier alpha value is -3.06. The Morgan fingerprint density at radius 3 is 2.29 bits per heavy atom. The van der Waals surface area contributed by atoms with Crippen LogP contribution >= 0.6 is 11.6 Å². The number of ether oxygens (including phenoxy) is 1. The number of aliphatic hydroxyl groups is 4. The normalized spacial score (nSPS) is 17.5. The lowest BCUT2D eigenvalue weighted by Crippen LogP contribution is -2.44. The second kappa shape index (κ2) is 22.5. The van der Waals surface area contributed by atoms with Crippen molar-refractivity contribution in [3.8, 4) is 0 Å². The Bertz CT molecular complexity index is 1020. The summed E-state index contributed by atoms with van der Waals surface area (Å²) in [5.41, 5.74) is 5.93. The van der Waals surface area contributed by atoms with E-state index in [-0.39, 0.29) is 11.5 Å². The first kappa shape index (κ1) is 38.9. The average molecular weight is 613 g/mol. The van der Waals surface area contributed by atoms with E-state index in [1.165, 1.54) is 19.1 Å². The summed E-state index contributed by atoms with van der Waals surface area (Å²) in [7, 11) is 0. The van der Waals surface area contributed by atoms with Crippen LogP contribution in [-0.4, -0.2) is 87.0 Å². The van der Waals surface area contributed by atoms with Crippen molar-refractivity contribution in [2.24, 2.45) is 11.7 Å². The van der Waals surface area contributed by atoms with Gasteiger partial charge >= 0.3 is 12.1 Å². The van der Waals surface area contributed by atoms with E-state index in [1.54, 1.807) is 25.2 Å². The van der Waals surface area contributed by atoms with Crippen LogP contribution in [0.2, 0.25) is 0 Å². The van der Waals surface area contributed by atoms with Crippen molar-refractivity contribution in [2.75, 3.05) is 13.1 Å². The van der Waals surface area contributed by atoms with Crippen LogP contribution in [0.5, 0.6) is 0 Å². The van der Waals surface area contributed by atoms with E-state index in [0.717, 1.165) is 5.57 Å². The van der Waals surface area contributed by atoms with Crippen LogP contribution in [0, 0.1) is 5.92 Å². The molecule has 0 radical (unpaired) electrons. The van der Waals surface area contributed by atoms with Crippen LogP contribution in [0.3, 0.4) is 0 Å². The van der Waals surface area contributed by atoms with Crippen molar-refractivity contribution in [3.05, 3.63) is 71.4 Å². The summed E-state index contributed by atoms with van der Waals surface area (Å²) in [5.74, 6) is -2.58. The Balaban J connectivity index is 4.87. The van der Waals surface area contributed by atoms with E-state index in [1.807, 2.05) is 37.3 Å². The van der Waals surface area contributed by atoms with Crippen LogP contribution in [0.1, 0.15) is 46.5 Å². The van der Waals surface area contributed by atoms with Crippen LogP contribution in [0.15, 0.2) is 71.4 Å². The van der Waals surface area contributed by atoms with Crippen molar-refractivity contribution in [3.63, 3.8) is 0 Å². The molecule has 0 rings (SSSR count). The lowest BCUT2D eigenvalue weighted by Gasteiger charge is -2.26. The number of carbonyl (C=O) groups is 3. The minimum Gasteiger partial charge on any atom is -0.481 e. The van der Waals surface area contributed by atoms with Crippen LogP contribution in [0.4, 0.5) is 4.79 Å². The number of Topliss-reactive ketones (excluding diaryl/α,β-unsaturated/α-hetero) is 1. The molecule has 42 heavy (non-hydrogen) atoms. The van der Waals surface area contributed by atoms with E-state index < -0.39 is 60.7 Å². The Kier molecular flexibility index (Phi) is 20.9. The van der Waals surface area contributed by atoms with E-state index in [9.17, 15) is 34.8 Å².